The van der Waals surface area contributed by atoms with Crippen LogP contribution in [0.2, 0.25) is 0 Å². The van der Waals surface area contributed by atoms with Gasteiger partial charge in [0.15, 0.2) is 0 Å². The molecule has 0 spiro atoms. The summed E-state index contributed by atoms with van der Waals surface area (Å²) in [4.78, 5) is 19.3. The quantitative estimate of drug-likeness (QED) is 0.241. The van der Waals surface area contributed by atoms with Gasteiger partial charge in [-0.2, -0.15) is 0 Å². The molecule has 29 heavy (non-hydrogen) atoms. The maximum absolute atomic E-state index is 12.1. The molecule has 0 saturated heterocycles. The van der Waals surface area contributed by atoms with Gasteiger partial charge < -0.3 is 15.2 Å². The van der Waals surface area contributed by atoms with Gasteiger partial charge in [0, 0.05) is 30.8 Å². The van der Waals surface area contributed by atoms with E-state index in [4.69, 9.17) is 21.9 Å². The summed E-state index contributed by atoms with van der Waals surface area (Å²) in [5, 5.41) is 38.2. The highest BCUT2D eigenvalue weighted by Crippen LogP contribution is 2.16. The molecule has 13 heteroatoms. The molecule has 0 bridgehead atoms. The van der Waals surface area contributed by atoms with E-state index in [1.54, 1.807) is 0 Å². The van der Waals surface area contributed by atoms with E-state index in [9.17, 15) is 24.6 Å². The molecule has 160 valence electrons. The summed E-state index contributed by atoms with van der Waals surface area (Å²) in [6, 6.07) is 10.2. The molecule has 0 fully saturated rings. The molecule has 2 aromatic carbocycles. The number of nitrogens with two attached hydrogens (primary N) is 2. The number of halogens is 1. The molecule has 0 aliphatic rings. The van der Waals surface area contributed by atoms with E-state index in [1.807, 2.05) is 0 Å². The summed E-state index contributed by atoms with van der Waals surface area (Å²) in [5.74, 6) is 9.80. The van der Waals surface area contributed by atoms with Crippen LogP contribution >= 0.6 is 0 Å². The Balaban J connectivity index is 0.000000455. The molecule has 12 nitrogen and oxygen atoms in total. The zero-order valence-electron chi connectivity index (χ0n) is 15.3. The number of nitro benzene ring substituents is 2. The van der Waals surface area contributed by atoms with E-state index >= 15 is 0 Å². The molecule has 0 aliphatic carbocycles. The molecule has 0 aromatic heterocycles. The third-order valence-electron chi connectivity index (χ3n) is 3.03. The first-order valence-corrected chi connectivity index (χ1v) is 8.08. The standard InChI is InChI=1S/C8H11N3O3.C6H4FNO2.C2H8N2O/c9-10(5-6-12)7-1-3-8(4-2-7)11(13)14;7-5-1-3-6(4-2-5)8(9)10;3-4-1-2-5/h1-4,12H,5-6,9H2;1-4H;4-5H,1-3H2. The largest absolute Gasteiger partial charge is 0.395 e. The van der Waals surface area contributed by atoms with Gasteiger partial charge in [0.05, 0.1) is 35.3 Å². The molecule has 0 amide bonds. The van der Waals surface area contributed by atoms with Crippen LogP contribution < -0.4 is 22.1 Å². The fraction of sp³-hybridized carbons (Fsp3) is 0.250. The molecule has 0 unspecified atom stereocenters. The highest BCUT2D eigenvalue weighted by Gasteiger charge is 2.06. The molecule has 0 radical (unpaired) electrons. The second-order valence-electron chi connectivity index (χ2n) is 5.10. The number of anilines is 1. The molecule has 0 atom stereocenters. The maximum Gasteiger partial charge on any atom is 0.269 e. The average molecular weight is 414 g/mol. The van der Waals surface area contributed by atoms with Gasteiger partial charge >= 0.3 is 0 Å². The smallest absolute Gasteiger partial charge is 0.269 e. The lowest BCUT2D eigenvalue weighted by Crippen LogP contribution is -2.33. The van der Waals surface area contributed by atoms with Crippen molar-refractivity contribution in [2.24, 2.45) is 11.7 Å². The monoisotopic (exact) mass is 414 g/mol. The minimum Gasteiger partial charge on any atom is -0.395 e. The van der Waals surface area contributed by atoms with E-state index in [2.05, 4.69) is 5.43 Å². The van der Waals surface area contributed by atoms with Crippen LogP contribution in [0.3, 0.4) is 0 Å². The van der Waals surface area contributed by atoms with E-state index in [-0.39, 0.29) is 31.1 Å². The number of non-ortho nitro benzene ring substituents is 2. The van der Waals surface area contributed by atoms with Gasteiger partial charge in [0.1, 0.15) is 5.82 Å². The Kier molecular flexibility index (Phi) is 13.1. The lowest BCUT2D eigenvalue weighted by molar-refractivity contribution is -0.385. The van der Waals surface area contributed by atoms with Crippen molar-refractivity contribution < 1.29 is 24.5 Å². The minimum atomic E-state index is -0.570. The SMILES string of the molecule is NN(CCO)c1ccc([N+](=O)[O-])cc1.NNCCO.O=[N+]([O-])c1ccc(F)cc1. The van der Waals surface area contributed by atoms with Gasteiger partial charge in [-0.25, -0.2) is 10.2 Å². The second-order valence-corrected chi connectivity index (χ2v) is 5.10. The predicted octanol–water partition coefficient (Wildman–Crippen LogP) is 0.443. The molecular formula is C16H23FN6O6. The van der Waals surface area contributed by atoms with Crippen molar-refractivity contribution in [1.29, 1.82) is 0 Å². The van der Waals surface area contributed by atoms with Gasteiger partial charge in [0.25, 0.3) is 11.4 Å². The summed E-state index contributed by atoms with van der Waals surface area (Å²) in [6.45, 7) is 0.807. The Bertz CT molecular complexity index is 730. The van der Waals surface area contributed by atoms with Crippen molar-refractivity contribution >= 4 is 17.1 Å². The number of nitrogens with zero attached hydrogens (tertiary/aromatic N) is 3. The van der Waals surface area contributed by atoms with Crippen LogP contribution in [0.25, 0.3) is 0 Å². The molecular weight excluding hydrogens is 391 g/mol. The van der Waals surface area contributed by atoms with Crippen molar-refractivity contribution in [3.8, 4) is 0 Å². The zero-order chi connectivity index (χ0) is 22.2. The lowest BCUT2D eigenvalue weighted by Gasteiger charge is -2.16. The summed E-state index contributed by atoms with van der Waals surface area (Å²) >= 11 is 0. The van der Waals surface area contributed by atoms with Crippen molar-refractivity contribution in [1.82, 2.24) is 5.43 Å². The molecule has 2 aromatic rings. The third kappa shape index (κ3) is 11.3. The molecule has 0 heterocycles. The number of hydrogen-bond acceptors (Lipinski definition) is 10. The molecule has 7 N–H and O–H groups in total. The topological polar surface area (TPSA) is 194 Å². The average Bonchev–Trinajstić information content (AvgIpc) is 2.70. The highest BCUT2D eigenvalue weighted by molar-refractivity contribution is 5.49. The number of aliphatic hydroxyl groups is 2. The van der Waals surface area contributed by atoms with Crippen molar-refractivity contribution in [2.75, 3.05) is 31.3 Å². The Morgan fingerprint density at radius 3 is 1.69 bits per heavy atom. The number of hydrogen-bond donors (Lipinski definition) is 5. The van der Waals surface area contributed by atoms with Gasteiger partial charge in [0.2, 0.25) is 0 Å². The number of nitrogens with one attached hydrogen (secondary N) is 1. The van der Waals surface area contributed by atoms with Crippen LogP contribution in [0.5, 0.6) is 0 Å². The molecule has 0 saturated carbocycles. The van der Waals surface area contributed by atoms with E-state index < -0.39 is 15.7 Å². The van der Waals surface area contributed by atoms with Gasteiger partial charge in [-0.05, 0) is 24.3 Å². The van der Waals surface area contributed by atoms with Crippen LogP contribution in [0.15, 0.2) is 48.5 Å². The van der Waals surface area contributed by atoms with Gasteiger partial charge in [-0.15, -0.1) is 0 Å². The van der Waals surface area contributed by atoms with E-state index in [1.165, 1.54) is 29.3 Å². The van der Waals surface area contributed by atoms with Crippen LogP contribution in [0, 0.1) is 26.0 Å². The summed E-state index contributed by atoms with van der Waals surface area (Å²) < 4.78 is 12.1. The zero-order valence-corrected chi connectivity index (χ0v) is 15.3. The van der Waals surface area contributed by atoms with Crippen LogP contribution in [-0.4, -0.2) is 46.4 Å². The van der Waals surface area contributed by atoms with Crippen LogP contribution in [0.4, 0.5) is 21.5 Å². The first kappa shape index (κ1) is 25.8. The Morgan fingerprint density at radius 2 is 1.38 bits per heavy atom. The van der Waals surface area contributed by atoms with Crippen LogP contribution in [-0.2, 0) is 0 Å². The summed E-state index contributed by atoms with van der Waals surface area (Å²) in [6.07, 6.45) is 0. The number of benzene rings is 2. The van der Waals surface area contributed by atoms with E-state index in [0.717, 1.165) is 24.3 Å². The minimum absolute atomic E-state index is 0.0196. The summed E-state index contributed by atoms with van der Waals surface area (Å²) in [5.41, 5.74) is 2.82. The van der Waals surface area contributed by atoms with Crippen molar-refractivity contribution in [3.63, 3.8) is 0 Å². The normalized spacial score (nSPS) is 9.41. The Morgan fingerprint density at radius 1 is 0.931 bits per heavy atom. The number of aliphatic hydroxyl groups excluding tert-OH is 2. The third-order valence-corrected chi connectivity index (χ3v) is 3.03. The lowest BCUT2D eigenvalue weighted by atomic mass is 10.3. The predicted molar refractivity (Wildman–Crippen MR) is 104 cm³/mol. The number of rotatable bonds is 7. The van der Waals surface area contributed by atoms with Crippen LogP contribution in [0.1, 0.15) is 0 Å². The first-order valence-electron chi connectivity index (χ1n) is 8.08. The first-order chi connectivity index (χ1) is 13.8. The fourth-order valence-electron chi connectivity index (χ4n) is 1.63. The molecule has 0 aliphatic heterocycles. The Labute approximate surface area is 165 Å². The Hall–Kier alpha value is -3.23. The van der Waals surface area contributed by atoms with Gasteiger partial charge in [-0.3, -0.25) is 31.5 Å². The number of hydrazine groups is 2. The highest BCUT2D eigenvalue weighted by atomic mass is 19.1. The summed E-state index contributed by atoms with van der Waals surface area (Å²) in [7, 11) is 0. The number of nitro groups is 2. The van der Waals surface area contributed by atoms with E-state index in [0.29, 0.717) is 12.2 Å². The van der Waals surface area contributed by atoms with Crippen molar-refractivity contribution in [3.05, 3.63) is 74.6 Å². The van der Waals surface area contributed by atoms with Crippen molar-refractivity contribution in [2.45, 2.75) is 0 Å². The fourth-order valence-corrected chi connectivity index (χ4v) is 1.63. The van der Waals surface area contributed by atoms with Gasteiger partial charge in [-0.1, -0.05) is 0 Å². The maximum atomic E-state index is 12.1. The second kappa shape index (κ2) is 14.8. The molecule has 2 rings (SSSR count).